The van der Waals surface area contributed by atoms with E-state index in [0.717, 1.165) is 23.7 Å². The SMILES string of the molecule is CC(C)C(CN1CCC(CNC(C)(C)C)C1)C(C)C. The molecule has 0 aromatic rings. The normalized spacial score (nSPS) is 22.1. The van der Waals surface area contributed by atoms with Gasteiger partial charge in [0.1, 0.15) is 0 Å². The number of nitrogens with one attached hydrogen (secondary N) is 1. The van der Waals surface area contributed by atoms with E-state index in [2.05, 4.69) is 58.7 Å². The lowest BCUT2D eigenvalue weighted by Gasteiger charge is -2.30. The van der Waals surface area contributed by atoms with Gasteiger partial charge < -0.3 is 10.2 Å². The minimum absolute atomic E-state index is 0.256. The zero-order chi connectivity index (χ0) is 14.6. The summed E-state index contributed by atoms with van der Waals surface area (Å²) in [5, 5.41) is 3.66. The molecule has 2 nitrogen and oxygen atoms in total. The number of likely N-dealkylation sites (tertiary alicyclic amines) is 1. The van der Waals surface area contributed by atoms with Crippen molar-refractivity contribution in [2.24, 2.45) is 23.7 Å². The molecule has 2 heteroatoms. The molecule has 0 aromatic carbocycles. The summed E-state index contributed by atoms with van der Waals surface area (Å²) in [5.41, 5.74) is 0.256. The van der Waals surface area contributed by atoms with E-state index in [4.69, 9.17) is 0 Å². The fourth-order valence-electron chi connectivity index (χ4n) is 3.19. The molecule has 1 aliphatic rings. The number of hydrogen-bond acceptors (Lipinski definition) is 2. The van der Waals surface area contributed by atoms with Crippen molar-refractivity contribution in [3.05, 3.63) is 0 Å². The second-order valence-corrected chi connectivity index (χ2v) is 8.20. The molecule has 19 heavy (non-hydrogen) atoms. The first-order chi connectivity index (χ1) is 8.69. The summed E-state index contributed by atoms with van der Waals surface area (Å²) in [6.45, 7) is 21.3. The Balaban J connectivity index is 2.35. The molecule has 0 bridgehead atoms. The molecule has 0 amide bonds. The standard InChI is InChI=1S/C17H36N2/c1-13(2)16(14(3)4)12-19-9-8-15(11-19)10-18-17(5,6)7/h13-16,18H,8-12H2,1-7H3. The Morgan fingerprint density at radius 2 is 1.68 bits per heavy atom. The largest absolute Gasteiger partial charge is 0.312 e. The van der Waals surface area contributed by atoms with Gasteiger partial charge >= 0.3 is 0 Å². The van der Waals surface area contributed by atoms with Gasteiger partial charge in [0.25, 0.3) is 0 Å². The Morgan fingerprint density at radius 1 is 1.11 bits per heavy atom. The van der Waals surface area contributed by atoms with Crippen molar-refractivity contribution < 1.29 is 0 Å². The van der Waals surface area contributed by atoms with Gasteiger partial charge in [-0.05, 0) is 64.0 Å². The third kappa shape index (κ3) is 6.27. The molecule has 1 saturated heterocycles. The highest BCUT2D eigenvalue weighted by atomic mass is 15.2. The summed E-state index contributed by atoms with van der Waals surface area (Å²) in [6.07, 6.45) is 1.37. The predicted octanol–water partition coefficient (Wildman–Crippen LogP) is 3.62. The van der Waals surface area contributed by atoms with Crippen LogP contribution in [0, 0.1) is 23.7 Å². The minimum Gasteiger partial charge on any atom is -0.312 e. The van der Waals surface area contributed by atoms with Crippen LogP contribution in [0.4, 0.5) is 0 Å². The Morgan fingerprint density at radius 3 is 2.16 bits per heavy atom. The summed E-state index contributed by atoms with van der Waals surface area (Å²) < 4.78 is 0. The van der Waals surface area contributed by atoms with Crippen molar-refractivity contribution in [3.8, 4) is 0 Å². The number of nitrogens with zero attached hydrogens (tertiary/aromatic N) is 1. The first kappa shape index (κ1) is 17.0. The van der Waals surface area contributed by atoms with Crippen LogP contribution < -0.4 is 5.32 Å². The Labute approximate surface area is 121 Å². The summed E-state index contributed by atoms with van der Waals surface area (Å²) in [6, 6.07) is 0. The van der Waals surface area contributed by atoms with Crippen molar-refractivity contribution in [1.29, 1.82) is 0 Å². The molecule has 1 rings (SSSR count). The van der Waals surface area contributed by atoms with Crippen LogP contribution in [0.5, 0.6) is 0 Å². The Kier molecular flexibility index (Phi) is 6.32. The molecule has 0 spiro atoms. The van der Waals surface area contributed by atoms with Crippen molar-refractivity contribution in [2.75, 3.05) is 26.2 Å². The van der Waals surface area contributed by atoms with Crippen LogP contribution in [0.2, 0.25) is 0 Å². The number of rotatable bonds is 6. The third-order valence-electron chi connectivity index (χ3n) is 4.47. The van der Waals surface area contributed by atoms with Crippen LogP contribution in [-0.4, -0.2) is 36.6 Å². The summed E-state index contributed by atoms with van der Waals surface area (Å²) >= 11 is 0. The van der Waals surface area contributed by atoms with Crippen molar-refractivity contribution in [2.45, 2.75) is 60.4 Å². The van der Waals surface area contributed by atoms with Crippen LogP contribution in [0.15, 0.2) is 0 Å². The summed E-state index contributed by atoms with van der Waals surface area (Å²) in [7, 11) is 0. The maximum atomic E-state index is 3.66. The molecular weight excluding hydrogens is 232 g/mol. The monoisotopic (exact) mass is 268 g/mol. The molecule has 1 N–H and O–H groups in total. The van der Waals surface area contributed by atoms with Crippen LogP contribution in [0.1, 0.15) is 54.9 Å². The lowest BCUT2D eigenvalue weighted by Crippen LogP contribution is -2.40. The molecule has 114 valence electrons. The van der Waals surface area contributed by atoms with Crippen LogP contribution in [0.3, 0.4) is 0 Å². The maximum Gasteiger partial charge on any atom is 0.00966 e. The molecular formula is C17H36N2. The average molecular weight is 268 g/mol. The molecule has 1 atom stereocenters. The van der Waals surface area contributed by atoms with Gasteiger partial charge in [-0.2, -0.15) is 0 Å². The van der Waals surface area contributed by atoms with Crippen LogP contribution >= 0.6 is 0 Å². The van der Waals surface area contributed by atoms with Crippen molar-refractivity contribution >= 4 is 0 Å². The smallest absolute Gasteiger partial charge is 0.00966 e. The van der Waals surface area contributed by atoms with E-state index in [1.165, 1.54) is 32.6 Å². The Bertz CT molecular complexity index is 244. The number of hydrogen-bond donors (Lipinski definition) is 1. The van der Waals surface area contributed by atoms with Gasteiger partial charge in [-0.15, -0.1) is 0 Å². The highest BCUT2D eigenvalue weighted by Crippen LogP contribution is 2.25. The van der Waals surface area contributed by atoms with E-state index >= 15 is 0 Å². The van der Waals surface area contributed by atoms with Gasteiger partial charge in [0, 0.05) is 18.6 Å². The quantitative estimate of drug-likeness (QED) is 0.791. The fraction of sp³-hybridized carbons (Fsp3) is 1.00. The fourth-order valence-corrected chi connectivity index (χ4v) is 3.19. The zero-order valence-corrected chi connectivity index (χ0v) is 14.3. The molecule has 0 aromatic heterocycles. The van der Waals surface area contributed by atoms with Gasteiger partial charge in [-0.1, -0.05) is 27.7 Å². The van der Waals surface area contributed by atoms with Crippen molar-refractivity contribution in [3.63, 3.8) is 0 Å². The second-order valence-electron chi connectivity index (χ2n) is 8.20. The van der Waals surface area contributed by atoms with Gasteiger partial charge in [0.15, 0.2) is 0 Å². The van der Waals surface area contributed by atoms with E-state index in [9.17, 15) is 0 Å². The van der Waals surface area contributed by atoms with Crippen LogP contribution in [-0.2, 0) is 0 Å². The Hall–Kier alpha value is -0.0800. The average Bonchev–Trinajstić information content (AvgIpc) is 2.69. The summed E-state index contributed by atoms with van der Waals surface area (Å²) in [5.74, 6) is 3.28. The van der Waals surface area contributed by atoms with E-state index in [0.29, 0.717) is 0 Å². The van der Waals surface area contributed by atoms with Gasteiger partial charge in [0.05, 0.1) is 0 Å². The minimum atomic E-state index is 0.256. The molecule has 0 saturated carbocycles. The molecule has 0 radical (unpaired) electrons. The molecule has 0 aliphatic carbocycles. The van der Waals surface area contributed by atoms with E-state index in [1.54, 1.807) is 0 Å². The highest BCUT2D eigenvalue weighted by molar-refractivity contribution is 4.82. The first-order valence-corrected chi connectivity index (χ1v) is 8.16. The van der Waals surface area contributed by atoms with E-state index in [-0.39, 0.29) is 5.54 Å². The van der Waals surface area contributed by atoms with Gasteiger partial charge in [-0.3, -0.25) is 0 Å². The van der Waals surface area contributed by atoms with Gasteiger partial charge in [0.2, 0.25) is 0 Å². The first-order valence-electron chi connectivity index (χ1n) is 8.16. The molecule has 1 unspecified atom stereocenters. The van der Waals surface area contributed by atoms with Crippen molar-refractivity contribution in [1.82, 2.24) is 10.2 Å². The molecule has 1 aliphatic heterocycles. The van der Waals surface area contributed by atoms with Gasteiger partial charge in [-0.25, -0.2) is 0 Å². The van der Waals surface area contributed by atoms with E-state index < -0.39 is 0 Å². The third-order valence-corrected chi connectivity index (χ3v) is 4.47. The lowest BCUT2D eigenvalue weighted by atomic mass is 9.85. The molecule has 1 heterocycles. The lowest BCUT2D eigenvalue weighted by molar-refractivity contribution is 0.185. The summed E-state index contributed by atoms with van der Waals surface area (Å²) in [4.78, 5) is 2.69. The maximum absolute atomic E-state index is 3.66. The van der Waals surface area contributed by atoms with Crippen LogP contribution in [0.25, 0.3) is 0 Å². The second kappa shape index (κ2) is 7.08. The predicted molar refractivity (Wildman–Crippen MR) is 85.5 cm³/mol. The zero-order valence-electron chi connectivity index (χ0n) is 14.3. The van der Waals surface area contributed by atoms with E-state index in [1.807, 2.05) is 0 Å². The molecule has 1 fully saturated rings. The highest BCUT2D eigenvalue weighted by Gasteiger charge is 2.27. The topological polar surface area (TPSA) is 15.3 Å².